The average Bonchev–Trinajstić information content (AvgIpc) is 2.52. The lowest BCUT2D eigenvalue weighted by Crippen LogP contribution is -2.21. The Kier molecular flexibility index (Phi) is 5.47. The average molecular weight is 354 g/mol. The quantitative estimate of drug-likeness (QED) is 0.800. The number of methoxy groups -OCH3 is 1. The summed E-state index contributed by atoms with van der Waals surface area (Å²) >= 11 is 12.1. The molecule has 0 aliphatic rings. The second kappa shape index (κ2) is 7.35. The molecule has 2 rings (SSSR count). The van der Waals surface area contributed by atoms with Gasteiger partial charge in [0.15, 0.2) is 5.75 Å². The van der Waals surface area contributed by atoms with Crippen LogP contribution in [-0.2, 0) is 11.3 Å². The molecule has 0 spiro atoms. The van der Waals surface area contributed by atoms with Crippen molar-refractivity contribution in [3.8, 4) is 5.75 Å². The van der Waals surface area contributed by atoms with Crippen LogP contribution in [0.1, 0.15) is 15.9 Å². The van der Waals surface area contributed by atoms with Gasteiger partial charge in [0.2, 0.25) is 6.41 Å². The summed E-state index contributed by atoms with van der Waals surface area (Å²) in [5.74, 6) is -0.669. The van der Waals surface area contributed by atoms with E-state index in [0.29, 0.717) is 27.9 Å². The smallest absolute Gasteiger partial charge is 0.335 e. The van der Waals surface area contributed by atoms with Gasteiger partial charge in [-0.05, 0) is 29.8 Å². The van der Waals surface area contributed by atoms with Gasteiger partial charge < -0.3 is 14.7 Å². The van der Waals surface area contributed by atoms with Crippen LogP contribution in [0.3, 0.4) is 0 Å². The number of carboxylic acid groups (broad SMARTS) is 1. The molecular formula is C16H13Cl2NO4. The lowest BCUT2D eigenvalue weighted by molar-refractivity contribution is -0.107. The zero-order valence-electron chi connectivity index (χ0n) is 12.1. The van der Waals surface area contributed by atoms with Crippen molar-refractivity contribution in [3.63, 3.8) is 0 Å². The zero-order chi connectivity index (χ0) is 17.0. The lowest BCUT2D eigenvalue weighted by atomic mass is 10.1. The van der Waals surface area contributed by atoms with Crippen LogP contribution in [0.2, 0.25) is 10.0 Å². The van der Waals surface area contributed by atoms with Crippen LogP contribution >= 0.6 is 23.2 Å². The Labute approximate surface area is 143 Å². The summed E-state index contributed by atoms with van der Waals surface area (Å²) in [5.41, 5.74) is 1.36. The minimum Gasteiger partial charge on any atom is -0.493 e. The molecule has 0 saturated heterocycles. The molecule has 0 atom stereocenters. The van der Waals surface area contributed by atoms with Gasteiger partial charge in [0.05, 0.1) is 29.9 Å². The third-order valence-electron chi connectivity index (χ3n) is 3.18. The van der Waals surface area contributed by atoms with E-state index in [9.17, 15) is 9.59 Å². The molecule has 2 aromatic rings. The number of ether oxygens (including phenoxy) is 1. The maximum absolute atomic E-state index is 11.5. The van der Waals surface area contributed by atoms with Crippen LogP contribution in [0.5, 0.6) is 5.75 Å². The number of aromatic carboxylic acids is 1. The minimum atomic E-state index is -1.01. The highest BCUT2D eigenvalue weighted by molar-refractivity contribution is 6.36. The van der Waals surface area contributed by atoms with E-state index in [2.05, 4.69) is 0 Å². The molecule has 0 fully saturated rings. The van der Waals surface area contributed by atoms with Gasteiger partial charge in [-0.2, -0.15) is 0 Å². The van der Waals surface area contributed by atoms with Crippen molar-refractivity contribution in [2.75, 3.05) is 12.0 Å². The van der Waals surface area contributed by atoms with E-state index in [-0.39, 0.29) is 12.1 Å². The number of nitrogens with zero attached hydrogens (tertiary/aromatic N) is 1. The Morgan fingerprint density at radius 1 is 1.26 bits per heavy atom. The molecular weight excluding hydrogens is 341 g/mol. The van der Waals surface area contributed by atoms with Crippen molar-refractivity contribution in [2.45, 2.75) is 6.54 Å². The molecule has 0 aromatic heterocycles. The van der Waals surface area contributed by atoms with E-state index in [0.717, 1.165) is 5.56 Å². The van der Waals surface area contributed by atoms with Crippen molar-refractivity contribution < 1.29 is 19.4 Å². The molecule has 0 aliphatic heterocycles. The van der Waals surface area contributed by atoms with Crippen LogP contribution in [0.4, 0.5) is 5.69 Å². The maximum Gasteiger partial charge on any atom is 0.335 e. The summed E-state index contributed by atoms with van der Waals surface area (Å²) in [5, 5.41) is 9.57. The third-order valence-corrected chi connectivity index (χ3v) is 3.68. The van der Waals surface area contributed by atoms with Gasteiger partial charge in [0.25, 0.3) is 0 Å². The van der Waals surface area contributed by atoms with Gasteiger partial charge in [-0.25, -0.2) is 4.79 Å². The number of hydrogen-bond acceptors (Lipinski definition) is 3. The number of carbonyl (C=O) groups is 2. The van der Waals surface area contributed by atoms with Crippen molar-refractivity contribution in [1.29, 1.82) is 0 Å². The first kappa shape index (κ1) is 17.1. The zero-order valence-corrected chi connectivity index (χ0v) is 13.6. The van der Waals surface area contributed by atoms with Gasteiger partial charge in [0.1, 0.15) is 0 Å². The van der Waals surface area contributed by atoms with Crippen LogP contribution in [0.15, 0.2) is 36.4 Å². The summed E-state index contributed by atoms with van der Waals surface area (Å²) in [7, 11) is 1.45. The SMILES string of the molecule is COc1c(Cl)cc(Cl)cc1N(C=O)Cc1ccc(C(=O)O)cc1. The predicted molar refractivity (Wildman–Crippen MR) is 88.7 cm³/mol. The highest BCUT2D eigenvalue weighted by Gasteiger charge is 2.16. The number of rotatable bonds is 6. The number of amides is 1. The van der Waals surface area contributed by atoms with Crippen molar-refractivity contribution in [3.05, 3.63) is 57.6 Å². The second-order valence-corrected chi connectivity index (χ2v) is 5.52. The number of benzene rings is 2. The van der Waals surface area contributed by atoms with Crippen molar-refractivity contribution in [2.24, 2.45) is 0 Å². The topological polar surface area (TPSA) is 66.8 Å². The number of carboxylic acids is 1. The van der Waals surface area contributed by atoms with Crippen molar-refractivity contribution >= 4 is 41.3 Å². The Morgan fingerprint density at radius 2 is 1.91 bits per heavy atom. The molecule has 7 heteroatoms. The summed E-state index contributed by atoms with van der Waals surface area (Å²) < 4.78 is 5.23. The van der Waals surface area contributed by atoms with Gasteiger partial charge in [-0.1, -0.05) is 35.3 Å². The first-order valence-corrected chi connectivity index (χ1v) is 7.29. The van der Waals surface area contributed by atoms with Gasteiger partial charge in [0, 0.05) is 5.02 Å². The number of carbonyl (C=O) groups excluding carboxylic acids is 1. The normalized spacial score (nSPS) is 10.2. The van der Waals surface area contributed by atoms with Crippen LogP contribution in [0.25, 0.3) is 0 Å². The van der Waals surface area contributed by atoms with Gasteiger partial charge >= 0.3 is 5.97 Å². The highest BCUT2D eigenvalue weighted by Crippen LogP contribution is 2.38. The van der Waals surface area contributed by atoms with E-state index in [1.807, 2.05) is 0 Å². The fraction of sp³-hybridized carbons (Fsp3) is 0.125. The monoisotopic (exact) mass is 353 g/mol. The molecule has 2 aromatic carbocycles. The van der Waals surface area contributed by atoms with E-state index < -0.39 is 5.97 Å². The minimum absolute atomic E-state index is 0.176. The fourth-order valence-corrected chi connectivity index (χ4v) is 2.65. The fourth-order valence-electron chi connectivity index (χ4n) is 2.09. The summed E-state index contributed by atoms with van der Waals surface area (Å²) in [4.78, 5) is 23.7. The molecule has 0 aliphatic carbocycles. The second-order valence-electron chi connectivity index (χ2n) is 4.68. The number of anilines is 1. The summed E-state index contributed by atoms with van der Waals surface area (Å²) in [6.07, 6.45) is 0.635. The Balaban J connectivity index is 2.33. The van der Waals surface area contributed by atoms with Crippen LogP contribution in [0, 0.1) is 0 Å². The largest absolute Gasteiger partial charge is 0.493 e. The Morgan fingerprint density at radius 3 is 2.43 bits per heavy atom. The number of halogens is 2. The molecule has 0 unspecified atom stereocenters. The Bertz CT molecular complexity index is 732. The van der Waals surface area contributed by atoms with E-state index in [4.69, 9.17) is 33.0 Å². The lowest BCUT2D eigenvalue weighted by Gasteiger charge is -2.21. The molecule has 120 valence electrons. The van der Waals surface area contributed by atoms with Crippen LogP contribution in [-0.4, -0.2) is 24.6 Å². The van der Waals surface area contributed by atoms with E-state index in [1.54, 1.807) is 18.2 Å². The first-order valence-electron chi connectivity index (χ1n) is 6.53. The standard InChI is InChI=1S/C16H13Cl2NO4/c1-23-15-13(18)6-12(17)7-14(15)19(9-20)8-10-2-4-11(5-3-10)16(21)22/h2-7,9H,8H2,1H3,(H,21,22). The molecule has 1 amide bonds. The van der Waals surface area contributed by atoms with Crippen molar-refractivity contribution in [1.82, 2.24) is 0 Å². The molecule has 1 N–H and O–H groups in total. The highest BCUT2D eigenvalue weighted by atomic mass is 35.5. The van der Waals surface area contributed by atoms with E-state index in [1.165, 1.54) is 30.2 Å². The molecule has 0 bridgehead atoms. The predicted octanol–water partition coefficient (Wildman–Crippen LogP) is 3.86. The first-order chi connectivity index (χ1) is 11.0. The van der Waals surface area contributed by atoms with E-state index >= 15 is 0 Å². The summed E-state index contributed by atoms with van der Waals surface area (Å²) in [6, 6.07) is 9.32. The van der Waals surface area contributed by atoms with Crippen LogP contribution < -0.4 is 9.64 Å². The molecule has 5 nitrogen and oxygen atoms in total. The number of hydrogen-bond donors (Lipinski definition) is 1. The Hall–Kier alpha value is -2.24. The maximum atomic E-state index is 11.5. The third kappa shape index (κ3) is 3.94. The molecule has 0 radical (unpaired) electrons. The molecule has 23 heavy (non-hydrogen) atoms. The molecule has 0 heterocycles. The molecule has 0 saturated carbocycles. The summed E-state index contributed by atoms with van der Waals surface area (Å²) in [6.45, 7) is 0.219. The van der Waals surface area contributed by atoms with Gasteiger partial charge in [-0.15, -0.1) is 0 Å². The van der Waals surface area contributed by atoms with Gasteiger partial charge in [-0.3, -0.25) is 4.79 Å².